The second kappa shape index (κ2) is 7.63. The van der Waals surface area contributed by atoms with E-state index in [0.717, 1.165) is 52.2 Å². The summed E-state index contributed by atoms with van der Waals surface area (Å²) in [5, 5.41) is 0. The van der Waals surface area contributed by atoms with E-state index in [-0.39, 0.29) is 5.91 Å². The van der Waals surface area contributed by atoms with Gasteiger partial charge < -0.3 is 9.64 Å². The number of hydrogen-bond acceptors (Lipinski definition) is 3. The van der Waals surface area contributed by atoms with Gasteiger partial charge in [0, 0.05) is 39.6 Å². The third kappa shape index (κ3) is 4.94. The van der Waals surface area contributed by atoms with Crippen LogP contribution in [0.5, 0.6) is 0 Å². The van der Waals surface area contributed by atoms with Gasteiger partial charge in [-0.15, -0.1) is 0 Å². The lowest BCUT2D eigenvalue weighted by molar-refractivity contribution is -0.130. The predicted molar refractivity (Wildman–Crippen MR) is 64.4 cm³/mol. The van der Waals surface area contributed by atoms with Gasteiger partial charge in [-0.1, -0.05) is 13.3 Å². The number of ether oxygens (including phenoxy) is 1. The molecule has 1 fully saturated rings. The van der Waals surface area contributed by atoms with Crippen molar-refractivity contribution in [1.29, 1.82) is 0 Å². The zero-order chi connectivity index (χ0) is 11.8. The van der Waals surface area contributed by atoms with Crippen molar-refractivity contribution in [3.05, 3.63) is 0 Å². The fourth-order valence-corrected chi connectivity index (χ4v) is 1.76. The van der Waals surface area contributed by atoms with E-state index in [4.69, 9.17) is 4.74 Å². The highest BCUT2D eigenvalue weighted by Gasteiger charge is 2.12. The van der Waals surface area contributed by atoms with Gasteiger partial charge in [0.15, 0.2) is 0 Å². The van der Waals surface area contributed by atoms with Gasteiger partial charge in [0.2, 0.25) is 5.91 Å². The Kier molecular flexibility index (Phi) is 6.42. The maximum absolute atomic E-state index is 11.7. The molecule has 0 bridgehead atoms. The maximum atomic E-state index is 11.7. The average Bonchev–Trinajstić information content (AvgIpc) is 2.34. The zero-order valence-corrected chi connectivity index (χ0v) is 10.6. The molecule has 4 nitrogen and oxygen atoms in total. The number of nitrogens with zero attached hydrogens (tertiary/aromatic N) is 2. The monoisotopic (exact) mass is 228 g/mol. The van der Waals surface area contributed by atoms with Crippen LogP contribution in [0.25, 0.3) is 0 Å². The molecule has 0 atom stereocenters. The van der Waals surface area contributed by atoms with Gasteiger partial charge in [0.25, 0.3) is 0 Å². The summed E-state index contributed by atoms with van der Waals surface area (Å²) < 4.78 is 5.28. The maximum Gasteiger partial charge on any atom is 0.222 e. The van der Waals surface area contributed by atoms with E-state index in [1.165, 1.54) is 0 Å². The molecule has 0 aromatic rings. The van der Waals surface area contributed by atoms with E-state index < -0.39 is 0 Å². The first kappa shape index (κ1) is 13.5. The third-order valence-corrected chi connectivity index (χ3v) is 3.03. The summed E-state index contributed by atoms with van der Waals surface area (Å²) in [5.41, 5.74) is 0. The molecule has 16 heavy (non-hydrogen) atoms. The summed E-state index contributed by atoms with van der Waals surface area (Å²) in [4.78, 5) is 15.9. The van der Waals surface area contributed by atoms with Gasteiger partial charge in [-0.3, -0.25) is 9.69 Å². The lowest BCUT2D eigenvalue weighted by Crippen LogP contribution is -2.41. The smallest absolute Gasteiger partial charge is 0.222 e. The van der Waals surface area contributed by atoms with Crippen LogP contribution in [-0.4, -0.2) is 62.1 Å². The van der Waals surface area contributed by atoms with Gasteiger partial charge in [-0.05, 0) is 6.42 Å². The normalized spacial score (nSPS) is 17.4. The van der Waals surface area contributed by atoms with E-state index >= 15 is 0 Å². The number of carbonyl (C=O) groups is 1. The minimum absolute atomic E-state index is 0.273. The van der Waals surface area contributed by atoms with Crippen LogP contribution in [0.2, 0.25) is 0 Å². The highest BCUT2D eigenvalue weighted by molar-refractivity contribution is 5.75. The molecule has 1 aliphatic rings. The summed E-state index contributed by atoms with van der Waals surface area (Å²) in [6.07, 6.45) is 2.78. The summed E-state index contributed by atoms with van der Waals surface area (Å²) in [6.45, 7) is 7.57. The minimum atomic E-state index is 0.273. The SMILES string of the molecule is CCCCC(=O)N(C)CCN1CCOCC1. The first-order valence-electron chi connectivity index (χ1n) is 6.28. The van der Waals surface area contributed by atoms with Crippen LogP contribution in [0.1, 0.15) is 26.2 Å². The van der Waals surface area contributed by atoms with Gasteiger partial charge in [-0.25, -0.2) is 0 Å². The van der Waals surface area contributed by atoms with Gasteiger partial charge in [0.1, 0.15) is 0 Å². The quantitative estimate of drug-likeness (QED) is 0.679. The number of likely N-dealkylation sites (N-methyl/N-ethyl adjacent to an activating group) is 1. The van der Waals surface area contributed by atoms with Gasteiger partial charge in [0.05, 0.1) is 13.2 Å². The molecule has 0 aliphatic carbocycles. The summed E-state index contributed by atoms with van der Waals surface area (Å²) in [6, 6.07) is 0. The lowest BCUT2D eigenvalue weighted by Gasteiger charge is -2.28. The Balaban J connectivity index is 2.12. The fraction of sp³-hybridized carbons (Fsp3) is 0.917. The Morgan fingerprint density at radius 1 is 1.38 bits per heavy atom. The Morgan fingerprint density at radius 3 is 2.69 bits per heavy atom. The molecule has 1 amide bonds. The number of amides is 1. The number of carbonyl (C=O) groups excluding carboxylic acids is 1. The first-order chi connectivity index (χ1) is 7.74. The number of morpholine rings is 1. The molecular weight excluding hydrogens is 204 g/mol. The average molecular weight is 228 g/mol. The first-order valence-corrected chi connectivity index (χ1v) is 6.28. The van der Waals surface area contributed by atoms with Gasteiger partial charge in [-0.2, -0.15) is 0 Å². The standard InChI is InChI=1S/C12H24N2O2/c1-3-4-5-12(15)13(2)6-7-14-8-10-16-11-9-14/h3-11H2,1-2H3. The van der Waals surface area contributed by atoms with Crippen LogP contribution in [0.4, 0.5) is 0 Å². The minimum Gasteiger partial charge on any atom is -0.379 e. The summed E-state index contributed by atoms with van der Waals surface area (Å²) in [5.74, 6) is 0.273. The molecule has 1 rings (SSSR count). The van der Waals surface area contributed by atoms with Crippen LogP contribution in [0.15, 0.2) is 0 Å². The van der Waals surface area contributed by atoms with Crippen molar-refractivity contribution >= 4 is 5.91 Å². The Bertz CT molecular complexity index is 203. The lowest BCUT2D eigenvalue weighted by atomic mass is 10.2. The number of rotatable bonds is 6. The molecule has 0 radical (unpaired) electrons. The molecule has 1 saturated heterocycles. The van der Waals surface area contributed by atoms with E-state index in [9.17, 15) is 4.79 Å². The second-order valence-electron chi connectivity index (χ2n) is 4.37. The molecule has 94 valence electrons. The highest BCUT2D eigenvalue weighted by Crippen LogP contribution is 2.00. The van der Waals surface area contributed by atoms with Crippen molar-refractivity contribution in [3.63, 3.8) is 0 Å². The highest BCUT2D eigenvalue weighted by atomic mass is 16.5. The molecule has 4 heteroatoms. The number of unbranched alkanes of at least 4 members (excludes halogenated alkanes) is 1. The van der Waals surface area contributed by atoms with Crippen LogP contribution in [0, 0.1) is 0 Å². The molecule has 1 aliphatic heterocycles. The summed E-state index contributed by atoms with van der Waals surface area (Å²) >= 11 is 0. The molecule has 0 aromatic carbocycles. The summed E-state index contributed by atoms with van der Waals surface area (Å²) in [7, 11) is 1.90. The van der Waals surface area contributed by atoms with Crippen LogP contribution < -0.4 is 0 Å². The van der Waals surface area contributed by atoms with Crippen molar-refractivity contribution < 1.29 is 9.53 Å². The molecular formula is C12H24N2O2. The van der Waals surface area contributed by atoms with Crippen LogP contribution in [-0.2, 0) is 9.53 Å². The molecule has 0 aromatic heterocycles. The largest absolute Gasteiger partial charge is 0.379 e. The second-order valence-corrected chi connectivity index (χ2v) is 4.37. The van der Waals surface area contributed by atoms with Crippen molar-refractivity contribution in [1.82, 2.24) is 9.80 Å². The Labute approximate surface area is 98.5 Å². The van der Waals surface area contributed by atoms with Crippen molar-refractivity contribution in [3.8, 4) is 0 Å². The van der Waals surface area contributed by atoms with E-state index in [2.05, 4.69) is 11.8 Å². The van der Waals surface area contributed by atoms with Crippen LogP contribution >= 0.6 is 0 Å². The van der Waals surface area contributed by atoms with E-state index in [1.54, 1.807) is 0 Å². The molecule has 0 saturated carbocycles. The number of hydrogen-bond donors (Lipinski definition) is 0. The van der Waals surface area contributed by atoms with Crippen molar-refractivity contribution in [2.24, 2.45) is 0 Å². The van der Waals surface area contributed by atoms with E-state index in [1.807, 2.05) is 11.9 Å². The zero-order valence-electron chi connectivity index (χ0n) is 10.6. The van der Waals surface area contributed by atoms with Crippen LogP contribution in [0.3, 0.4) is 0 Å². The fourth-order valence-electron chi connectivity index (χ4n) is 1.76. The molecule has 0 unspecified atom stereocenters. The van der Waals surface area contributed by atoms with Gasteiger partial charge >= 0.3 is 0 Å². The topological polar surface area (TPSA) is 32.8 Å². The molecule has 0 N–H and O–H groups in total. The predicted octanol–water partition coefficient (Wildman–Crippen LogP) is 0.967. The third-order valence-electron chi connectivity index (χ3n) is 3.03. The Morgan fingerprint density at radius 2 is 2.06 bits per heavy atom. The Hall–Kier alpha value is -0.610. The van der Waals surface area contributed by atoms with Crippen molar-refractivity contribution in [2.45, 2.75) is 26.2 Å². The van der Waals surface area contributed by atoms with Crippen molar-refractivity contribution in [2.75, 3.05) is 46.4 Å². The molecule has 1 heterocycles. The molecule has 0 spiro atoms. The van der Waals surface area contributed by atoms with E-state index in [0.29, 0.717) is 6.42 Å².